The number of fused-ring (bicyclic) bond motifs is 1. The van der Waals surface area contributed by atoms with Crippen LogP contribution in [0, 0.1) is 0 Å². The van der Waals surface area contributed by atoms with Gasteiger partial charge >= 0.3 is 16.2 Å². The molecule has 4 rings (SSSR count). The number of carbonyl (C=O) groups excluding carboxylic acids is 1. The van der Waals surface area contributed by atoms with E-state index >= 15 is 0 Å². The number of methoxy groups -OCH3 is 2. The average molecular weight is 455 g/mol. The third kappa shape index (κ3) is 3.63. The van der Waals surface area contributed by atoms with E-state index in [0.717, 1.165) is 4.31 Å². The highest BCUT2D eigenvalue weighted by Crippen LogP contribution is 2.31. The van der Waals surface area contributed by atoms with Gasteiger partial charge in [-0.15, -0.1) is 0 Å². The molecule has 1 aliphatic rings. The molecule has 0 atom stereocenters. The number of aliphatic imine (C=N–C) groups is 1. The molecule has 32 heavy (non-hydrogen) atoms. The Morgan fingerprint density at radius 3 is 2.47 bits per heavy atom. The second-order valence-electron chi connectivity index (χ2n) is 7.09. The molecule has 9 nitrogen and oxygen atoms in total. The van der Waals surface area contributed by atoms with Crippen LogP contribution in [0.15, 0.2) is 59.4 Å². The fraction of sp³-hybridized carbons (Fsp3) is 0.182. The van der Waals surface area contributed by atoms with Crippen LogP contribution >= 0.6 is 0 Å². The summed E-state index contributed by atoms with van der Waals surface area (Å²) in [5, 5.41) is 0.660. The van der Waals surface area contributed by atoms with Crippen LogP contribution in [0.5, 0.6) is 11.5 Å². The zero-order valence-electron chi connectivity index (χ0n) is 17.9. The smallest absolute Gasteiger partial charge is 0.363 e. The Balaban J connectivity index is 1.80. The number of hydrogen-bond acceptors (Lipinski definition) is 7. The molecule has 0 aliphatic carbocycles. The summed E-state index contributed by atoms with van der Waals surface area (Å²) in [4.78, 5) is 16.8. The van der Waals surface area contributed by atoms with E-state index < -0.39 is 16.2 Å². The van der Waals surface area contributed by atoms with E-state index in [2.05, 4.69) is 4.99 Å². The highest BCUT2D eigenvalue weighted by molar-refractivity contribution is 7.87. The second kappa shape index (κ2) is 8.13. The van der Waals surface area contributed by atoms with E-state index in [1.807, 2.05) is 0 Å². The summed E-state index contributed by atoms with van der Waals surface area (Å²) in [6.07, 6.45) is 2.98. The summed E-state index contributed by atoms with van der Waals surface area (Å²) in [7, 11) is 2.19. The summed E-state index contributed by atoms with van der Waals surface area (Å²) < 4.78 is 43.6. The molecular formula is C22H21N3O6S. The number of para-hydroxylation sites is 1. The Bertz CT molecular complexity index is 1390. The molecule has 166 valence electrons. The minimum atomic E-state index is -3.75. The molecule has 0 spiro atoms. The van der Waals surface area contributed by atoms with E-state index in [1.54, 1.807) is 42.5 Å². The molecule has 0 fully saturated rings. The molecule has 2 heterocycles. The molecule has 0 saturated carbocycles. The van der Waals surface area contributed by atoms with Gasteiger partial charge in [0.1, 0.15) is 0 Å². The van der Waals surface area contributed by atoms with Crippen molar-refractivity contribution in [2.24, 2.45) is 4.99 Å². The van der Waals surface area contributed by atoms with Crippen LogP contribution in [0.4, 0.5) is 0 Å². The van der Waals surface area contributed by atoms with Gasteiger partial charge in [-0.25, -0.2) is 13.8 Å². The van der Waals surface area contributed by atoms with Gasteiger partial charge in [0.25, 0.3) is 0 Å². The minimum Gasteiger partial charge on any atom is -0.493 e. The highest BCUT2D eigenvalue weighted by atomic mass is 32.2. The summed E-state index contributed by atoms with van der Waals surface area (Å²) in [6, 6.07) is 12.1. The van der Waals surface area contributed by atoms with E-state index in [1.165, 1.54) is 44.6 Å². The Morgan fingerprint density at radius 2 is 1.78 bits per heavy atom. The lowest BCUT2D eigenvalue weighted by molar-refractivity contribution is -0.129. The monoisotopic (exact) mass is 455 g/mol. The number of esters is 1. The second-order valence-corrected chi connectivity index (χ2v) is 9.11. The van der Waals surface area contributed by atoms with Crippen molar-refractivity contribution in [3.05, 3.63) is 65.5 Å². The van der Waals surface area contributed by atoms with Crippen molar-refractivity contribution < 1.29 is 27.4 Å². The Hall–Kier alpha value is -3.63. The quantitative estimate of drug-likeness (QED) is 0.419. The maximum atomic E-state index is 12.7. The van der Waals surface area contributed by atoms with Crippen LogP contribution in [0.3, 0.4) is 0 Å². The third-order valence-electron chi connectivity index (χ3n) is 4.96. The number of benzene rings is 2. The Kier molecular flexibility index (Phi) is 5.49. The van der Waals surface area contributed by atoms with E-state index in [-0.39, 0.29) is 11.6 Å². The van der Waals surface area contributed by atoms with Crippen molar-refractivity contribution in [3.8, 4) is 11.5 Å². The van der Waals surface area contributed by atoms with Gasteiger partial charge in [-0.3, -0.25) is 0 Å². The van der Waals surface area contributed by atoms with Crippen LogP contribution in [0.1, 0.15) is 11.1 Å². The van der Waals surface area contributed by atoms with Gasteiger partial charge in [-0.05, 0) is 30.3 Å². The molecular weight excluding hydrogens is 434 g/mol. The van der Waals surface area contributed by atoms with Crippen LogP contribution in [-0.2, 0) is 19.7 Å². The first kappa shape index (κ1) is 21.6. The number of rotatable bonds is 6. The first-order valence-corrected chi connectivity index (χ1v) is 10.9. The van der Waals surface area contributed by atoms with Crippen LogP contribution in [0.25, 0.3) is 17.0 Å². The predicted octanol–water partition coefficient (Wildman–Crippen LogP) is 2.66. The highest BCUT2D eigenvalue weighted by Gasteiger charge is 2.26. The van der Waals surface area contributed by atoms with Gasteiger partial charge < -0.3 is 14.2 Å². The molecule has 10 heteroatoms. The van der Waals surface area contributed by atoms with Crippen molar-refractivity contribution >= 4 is 39.1 Å². The number of aromatic nitrogens is 1. The number of hydrogen-bond donors (Lipinski definition) is 0. The maximum Gasteiger partial charge on any atom is 0.363 e. The maximum absolute atomic E-state index is 12.7. The van der Waals surface area contributed by atoms with E-state index in [9.17, 15) is 13.2 Å². The molecule has 0 unspecified atom stereocenters. The number of ether oxygens (including phenoxy) is 3. The normalized spacial score (nSPS) is 15.3. The summed E-state index contributed by atoms with van der Waals surface area (Å²) >= 11 is 0. The van der Waals surface area contributed by atoms with Gasteiger partial charge in [0.05, 0.1) is 19.7 Å². The number of nitrogens with zero attached hydrogens (tertiary/aromatic N) is 3. The van der Waals surface area contributed by atoms with E-state index in [4.69, 9.17) is 14.2 Å². The first-order valence-electron chi connectivity index (χ1n) is 9.54. The fourth-order valence-electron chi connectivity index (χ4n) is 3.31. The van der Waals surface area contributed by atoms with Crippen molar-refractivity contribution in [3.63, 3.8) is 0 Å². The van der Waals surface area contributed by atoms with Gasteiger partial charge in [-0.2, -0.15) is 12.7 Å². The number of cyclic esters (lactones) is 1. The average Bonchev–Trinajstić information content (AvgIpc) is 3.34. The fourth-order valence-corrected chi connectivity index (χ4v) is 4.31. The molecule has 1 aliphatic heterocycles. The van der Waals surface area contributed by atoms with Crippen molar-refractivity contribution in [1.82, 2.24) is 8.28 Å². The lowest BCUT2D eigenvalue weighted by Crippen LogP contribution is -2.28. The van der Waals surface area contributed by atoms with Gasteiger partial charge in [0.2, 0.25) is 5.90 Å². The van der Waals surface area contributed by atoms with Crippen molar-refractivity contribution in [2.75, 3.05) is 28.3 Å². The molecule has 0 amide bonds. The Morgan fingerprint density at radius 1 is 1.06 bits per heavy atom. The zero-order valence-corrected chi connectivity index (χ0v) is 18.7. The molecule has 0 N–H and O–H groups in total. The molecule has 1 aromatic heterocycles. The molecule has 3 aromatic rings. The SMILES string of the molecule is COc1ccc(C2=NC(=Cc3cn(S(=O)(=O)N(C)C)c4ccccc34)C(=O)O2)cc1OC. The van der Waals surface area contributed by atoms with Crippen molar-refractivity contribution in [2.45, 2.75) is 0 Å². The predicted molar refractivity (Wildman–Crippen MR) is 120 cm³/mol. The van der Waals surface area contributed by atoms with Gasteiger partial charge in [0, 0.05) is 36.8 Å². The Labute approximate surface area is 185 Å². The van der Waals surface area contributed by atoms with E-state index in [0.29, 0.717) is 33.5 Å². The lowest BCUT2D eigenvalue weighted by Gasteiger charge is -2.12. The summed E-state index contributed by atoms with van der Waals surface area (Å²) in [6.45, 7) is 0. The molecule has 0 bridgehead atoms. The van der Waals surface area contributed by atoms with Crippen LogP contribution in [-0.4, -0.2) is 56.9 Å². The van der Waals surface area contributed by atoms with Crippen molar-refractivity contribution in [1.29, 1.82) is 0 Å². The van der Waals surface area contributed by atoms with Crippen LogP contribution < -0.4 is 9.47 Å². The standard InChI is InChI=1S/C22H21N3O6S/c1-24(2)32(27,28)25-13-15(16-7-5-6-8-18(16)25)11-17-22(26)31-21(23-17)14-9-10-19(29-3)20(12-14)30-4/h5-13H,1-4H3. The molecule has 0 saturated heterocycles. The molecule has 2 aromatic carbocycles. The zero-order chi connectivity index (χ0) is 23.0. The van der Waals surface area contributed by atoms with Gasteiger partial charge in [-0.1, -0.05) is 18.2 Å². The minimum absolute atomic E-state index is 0.0555. The molecule has 0 radical (unpaired) electrons. The summed E-state index contributed by atoms with van der Waals surface area (Å²) in [5.74, 6) is 0.485. The lowest BCUT2D eigenvalue weighted by atomic mass is 10.1. The largest absolute Gasteiger partial charge is 0.493 e. The third-order valence-corrected chi connectivity index (χ3v) is 6.68. The number of carbonyl (C=O) groups is 1. The topological polar surface area (TPSA) is 99.4 Å². The first-order chi connectivity index (χ1) is 15.3. The summed E-state index contributed by atoms with van der Waals surface area (Å²) in [5.41, 5.74) is 1.61. The van der Waals surface area contributed by atoms with Gasteiger partial charge in [0.15, 0.2) is 17.2 Å². The van der Waals surface area contributed by atoms with Crippen LogP contribution in [0.2, 0.25) is 0 Å².